The van der Waals surface area contributed by atoms with Crippen molar-refractivity contribution >= 4 is 15.9 Å². The number of aryl methyl sites for hydroxylation is 1. The third-order valence-electron chi connectivity index (χ3n) is 2.59. The minimum Gasteiger partial charge on any atom is -0.325 e. The Kier molecular flexibility index (Phi) is 2.39. The lowest BCUT2D eigenvalue weighted by molar-refractivity contribution is 0.602. The fourth-order valence-electron chi connectivity index (χ4n) is 1.38. The Labute approximate surface area is 86.7 Å². The van der Waals surface area contributed by atoms with E-state index in [0.29, 0.717) is 0 Å². The molecule has 3 heteroatoms. The highest BCUT2D eigenvalue weighted by atomic mass is 79.9. The molecule has 0 radical (unpaired) electrons. The number of halogens is 1. The molecule has 0 saturated heterocycles. The molecule has 1 aliphatic carbocycles. The lowest BCUT2D eigenvalue weighted by Crippen LogP contribution is -2.22. The first kappa shape index (κ1) is 9.16. The zero-order valence-corrected chi connectivity index (χ0v) is 9.05. The summed E-state index contributed by atoms with van der Waals surface area (Å²) in [6, 6.07) is 3.96. The van der Waals surface area contributed by atoms with Gasteiger partial charge in [-0.2, -0.15) is 0 Å². The minimum absolute atomic E-state index is 0.136. The van der Waals surface area contributed by atoms with Crippen molar-refractivity contribution in [1.82, 2.24) is 4.98 Å². The van der Waals surface area contributed by atoms with E-state index >= 15 is 0 Å². The van der Waals surface area contributed by atoms with E-state index in [2.05, 4.69) is 20.9 Å². The first-order valence-electron chi connectivity index (χ1n) is 4.58. The highest BCUT2D eigenvalue weighted by molar-refractivity contribution is 9.10. The van der Waals surface area contributed by atoms with Crippen LogP contribution in [0.5, 0.6) is 0 Å². The van der Waals surface area contributed by atoms with Crippen molar-refractivity contribution in [2.45, 2.75) is 31.2 Å². The molecule has 1 aromatic heterocycles. The molecule has 1 aliphatic rings. The van der Waals surface area contributed by atoms with E-state index in [9.17, 15) is 0 Å². The van der Waals surface area contributed by atoms with Gasteiger partial charge in [-0.3, -0.25) is 4.98 Å². The lowest BCUT2D eigenvalue weighted by Gasteiger charge is -2.08. The molecule has 0 atom stereocenters. The van der Waals surface area contributed by atoms with Crippen molar-refractivity contribution in [1.29, 1.82) is 0 Å². The third kappa shape index (κ3) is 2.29. The first-order chi connectivity index (χ1) is 6.20. The van der Waals surface area contributed by atoms with E-state index in [-0.39, 0.29) is 5.54 Å². The number of hydrogen-bond acceptors (Lipinski definition) is 2. The molecule has 1 heterocycles. The van der Waals surface area contributed by atoms with Gasteiger partial charge in [0.1, 0.15) is 0 Å². The maximum absolute atomic E-state index is 6.00. The van der Waals surface area contributed by atoms with Crippen molar-refractivity contribution in [3.63, 3.8) is 0 Å². The maximum Gasteiger partial charge on any atom is 0.0546 e. The molecule has 1 saturated carbocycles. The monoisotopic (exact) mass is 240 g/mol. The molecule has 1 aromatic rings. The van der Waals surface area contributed by atoms with Crippen LogP contribution in [0.2, 0.25) is 0 Å². The standard InChI is InChI=1S/C10H13BrN2/c11-8-2-1-7-13-9(8)3-4-10(12)5-6-10/h1-2,7H,3-6,12H2. The second-order valence-electron chi connectivity index (χ2n) is 3.79. The van der Waals surface area contributed by atoms with Gasteiger partial charge in [0.05, 0.1) is 5.69 Å². The summed E-state index contributed by atoms with van der Waals surface area (Å²) in [6.07, 6.45) is 6.23. The van der Waals surface area contributed by atoms with Crippen molar-refractivity contribution in [2.75, 3.05) is 0 Å². The van der Waals surface area contributed by atoms with Crippen LogP contribution >= 0.6 is 15.9 Å². The summed E-state index contributed by atoms with van der Waals surface area (Å²) in [6.45, 7) is 0. The molecule has 0 aromatic carbocycles. The molecule has 13 heavy (non-hydrogen) atoms. The summed E-state index contributed by atoms with van der Waals surface area (Å²) in [7, 11) is 0. The van der Waals surface area contributed by atoms with Crippen LogP contribution in [0.15, 0.2) is 22.8 Å². The van der Waals surface area contributed by atoms with Gasteiger partial charge in [0.2, 0.25) is 0 Å². The summed E-state index contributed by atoms with van der Waals surface area (Å²) < 4.78 is 1.10. The topological polar surface area (TPSA) is 38.9 Å². The van der Waals surface area contributed by atoms with Gasteiger partial charge in [-0.15, -0.1) is 0 Å². The molecule has 1 fully saturated rings. The van der Waals surface area contributed by atoms with Crippen LogP contribution in [0.3, 0.4) is 0 Å². The van der Waals surface area contributed by atoms with E-state index in [0.717, 1.165) is 23.0 Å². The van der Waals surface area contributed by atoms with Crippen LogP contribution in [0.25, 0.3) is 0 Å². The van der Waals surface area contributed by atoms with Gasteiger partial charge in [-0.1, -0.05) is 0 Å². The summed E-state index contributed by atoms with van der Waals surface area (Å²) >= 11 is 3.48. The van der Waals surface area contributed by atoms with Crippen LogP contribution in [-0.2, 0) is 6.42 Å². The Morgan fingerprint density at radius 1 is 1.54 bits per heavy atom. The fourth-order valence-corrected chi connectivity index (χ4v) is 1.83. The Balaban J connectivity index is 1.97. The van der Waals surface area contributed by atoms with Crippen LogP contribution in [0.1, 0.15) is 25.0 Å². The number of hydrogen-bond donors (Lipinski definition) is 1. The van der Waals surface area contributed by atoms with Gasteiger partial charge in [0, 0.05) is 16.2 Å². The average molecular weight is 241 g/mol. The number of nitrogens with two attached hydrogens (primary N) is 1. The highest BCUT2D eigenvalue weighted by Crippen LogP contribution is 2.36. The van der Waals surface area contributed by atoms with Crippen LogP contribution in [-0.4, -0.2) is 10.5 Å². The molecular weight excluding hydrogens is 228 g/mol. The fraction of sp³-hybridized carbons (Fsp3) is 0.500. The Hall–Kier alpha value is -0.410. The molecular formula is C10H13BrN2. The normalized spacial score (nSPS) is 18.6. The maximum atomic E-state index is 6.00. The molecule has 0 bridgehead atoms. The van der Waals surface area contributed by atoms with Gasteiger partial charge in [-0.05, 0) is 53.7 Å². The summed E-state index contributed by atoms with van der Waals surface area (Å²) in [5.74, 6) is 0. The predicted molar refractivity (Wildman–Crippen MR) is 56.4 cm³/mol. The van der Waals surface area contributed by atoms with Crippen LogP contribution < -0.4 is 5.73 Å². The summed E-state index contributed by atoms with van der Waals surface area (Å²) in [5, 5.41) is 0. The zero-order valence-electron chi connectivity index (χ0n) is 7.46. The van der Waals surface area contributed by atoms with E-state index in [1.165, 1.54) is 12.8 Å². The number of rotatable bonds is 3. The van der Waals surface area contributed by atoms with E-state index in [4.69, 9.17) is 5.73 Å². The Morgan fingerprint density at radius 2 is 2.31 bits per heavy atom. The van der Waals surface area contributed by atoms with Crippen molar-refractivity contribution in [3.05, 3.63) is 28.5 Å². The summed E-state index contributed by atoms with van der Waals surface area (Å²) in [4.78, 5) is 4.31. The van der Waals surface area contributed by atoms with Gasteiger partial charge < -0.3 is 5.73 Å². The predicted octanol–water partition coefficient (Wildman–Crippen LogP) is 2.27. The van der Waals surface area contributed by atoms with Gasteiger partial charge in [0.15, 0.2) is 0 Å². The highest BCUT2D eigenvalue weighted by Gasteiger charge is 2.37. The number of aromatic nitrogens is 1. The second kappa shape index (κ2) is 3.39. The molecule has 0 aliphatic heterocycles. The Morgan fingerprint density at radius 3 is 2.92 bits per heavy atom. The van der Waals surface area contributed by atoms with E-state index in [1.807, 2.05) is 18.3 Å². The third-order valence-corrected chi connectivity index (χ3v) is 3.31. The molecule has 0 spiro atoms. The smallest absolute Gasteiger partial charge is 0.0546 e. The van der Waals surface area contributed by atoms with Gasteiger partial charge in [0.25, 0.3) is 0 Å². The van der Waals surface area contributed by atoms with Crippen LogP contribution in [0.4, 0.5) is 0 Å². The van der Waals surface area contributed by atoms with Crippen molar-refractivity contribution < 1.29 is 0 Å². The summed E-state index contributed by atoms with van der Waals surface area (Å²) in [5.41, 5.74) is 7.26. The van der Waals surface area contributed by atoms with E-state index in [1.54, 1.807) is 0 Å². The molecule has 2 rings (SSSR count). The second-order valence-corrected chi connectivity index (χ2v) is 4.65. The van der Waals surface area contributed by atoms with Crippen molar-refractivity contribution in [2.24, 2.45) is 5.73 Å². The quantitative estimate of drug-likeness (QED) is 0.881. The number of nitrogens with zero attached hydrogens (tertiary/aromatic N) is 1. The molecule has 2 nitrogen and oxygen atoms in total. The SMILES string of the molecule is NC1(CCc2ncccc2Br)CC1. The molecule has 2 N–H and O–H groups in total. The van der Waals surface area contributed by atoms with Gasteiger partial charge in [-0.25, -0.2) is 0 Å². The molecule has 0 unspecified atom stereocenters. The van der Waals surface area contributed by atoms with Gasteiger partial charge >= 0.3 is 0 Å². The Bertz CT molecular complexity index is 308. The van der Waals surface area contributed by atoms with E-state index < -0.39 is 0 Å². The minimum atomic E-state index is 0.136. The lowest BCUT2D eigenvalue weighted by atomic mass is 10.1. The first-order valence-corrected chi connectivity index (χ1v) is 5.37. The number of pyridine rings is 1. The average Bonchev–Trinajstić information content (AvgIpc) is 2.83. The molecule has 0 amide bonds. The largest absolute Gasteiger partial charge is 0.325 e. The van der Waals surface area contributed by atoms with Crippen LogP contribution in [0, 0.1) is 0 Å². The molecule has 70 valence electrons. The zero-order chi connectivity index (χ0) is 9.31. The van der Waals surface area contributed by atoms with Crippen molar-refractivity contribution in [3.8, 4) is 0 Å².